The molecule has 0 atom stereocenters. The third kappa shape index (κ3) is 5.28. The van der Waals surface area contributed by atoms with Crippen LogP contribution in [0.15, 0.2) is 33.6 Å². The van der Waals surface area contributed by atoms with Gasteiger partial charge in [-0.05, 0) is 24.3 Å². The van der Waals surface area contributed by atoms with E-state index < -0.39 is 0 Å². The molecule has 0 aliphatic carbocycles. The maximum Gasteiger partial charge on any atom is 0.315 e. The summed E-state index contributed by atoms with van der Waals surface area (Å²) < 4.78 is 5.22. The quantitative estimate of drug-likeness (QED) is 0.629. The van der Waals surface area contributed by atoms with Gasteiger partial charge in [0.05, 0.1) is 6.54 Å². The largest absolute Gasteiger partial charge is 0.407 e. The first-order chi connectivity index (χ1) is 8.78. The van der Waals surface area contributed by atoms with Crippen LogP contribution in [-0.4, -0.2) is 22.5 Å². The first-order valence-electron chi connectivity index (χ1n) is 5.42. The van der Waals surface area contributed by atoms with E-state index in [4.69, 9.17) is 21.8 Å². The highest BCUT2D eigenvalue weighted by Gasteiger charge is 2.02. The summed E-state index contributed by atoms with van der Waals surface area (Å²) >= 11 is 7.53. The number of nitrogens with one attached hydrogen (secondary N) is 1. The zero-order chi connectivity index (χ0) is 12.8. The fraction of sp³-hybridized carbons (Fsp3) is 0.273. The Morgan fingerprint density at radius 1 is 1.26 bits per heavy atom. The highest BCUT2D eigenvalue weighted by atomic mass is 35.5. The second-order valence-corrected chi connectivity index (χ2v) is 5.04. The van der Waals surface area contributed by atoms with E-state index in [0.717, 1.165) is 17.3 Å². The molecule has 8 heteroatoms. The summed E-state index contributed by atoms with van der Waals surface area (Å²) in [6, 6.07) is 8.15. The van der Waals surface area contributed by atoms with E-state index in [9.17, 15) is 0 Å². The van der Waals surface area contributed by atoms with Gasteiger partial charge in [-0.15, -0.1) is 29.3 Å². The van der Waals surface area contributed by atoms with Gasteiger partial charge in [-0.25, -0.2) is 0 Å². The topological polar surface area (TPSA) is 77.0 Å². The molecule has 1 aromatic carbocycles. The highest BCUT2D eigenvalue weighted by Crippen LogP contribution is 2.20. The zero-order valence-corrected chi connectivity index (χ0v) is 12.4. The zero-order valence-electron chi connectivity index (χ0n) is 10.0. The molecule has 0 aliphatic rings. The molecular formula is C11H14Cl2N4OS. The Balaban J connectivity index is 0.00000180. The number of thioether (sulfide) groups is 1. The number of aromatic nitrogens is 2. The molecule has 0 spiro atoms. The Morgan fingerprint density at radius 3 is 2.63 bits per heavy atom. The SMILES string of the molecule is Cl.NCc1nnc(NCCSc2ccc(Cl)cc2)o1. The summed E-state index contributed by atoms with van der Waals surface area (Å²) in [6.45, 7) is 0.994. The molecule has 0 radical (unpaired) electrons. The number of rotatable bonds is 6. The van der Waals surface area contributed by atoms with Gasteiger partial charge < -0.3 is 15.5 Å². The van der Waals surface area contributed by atoms with Crippen molar-refractivity contribution in [2.75, 3.05) is 17.6 Å². The van der Waals surface area contributed by atoms with Crippen LogP contribution in [0.3, 0.4) is 0 Å². The molecule has 0 fully saturated rings. The molecule has 1 heterocycles. The standard InChI is InChI=1S/C11H13ClN4OS.ClH/c12-8-1-3-9(4-2-8)18-6-5-14-11-16-15-10(7-13)17-11;/h1-4H,5-7,13H2,(H,14,16);1H. The molecule has 1 aromatic heterocycles. The van der Waals surface area contributed by atoms with Crippen LogP contribution in [0.5, 0.6) is 0 Å². The van der Waals surface area contributed by atoms with E-state index in [0.29, 0.717) is 11.9 Å². The van der Waals surface area contributed by atoms with E-state index >= 15 is 0 Å². The summed E-state index contributed by atoms with van der Waals surface area (Å²) in [5.74, 6) is 1.32. The molecule has 0 unspecified atom stereocenters. The van der Waals surface area contributed by atoms with E-state index in [-0.39, 0.29) is 19.0 Å². The Kier molecular flexibility index (Phi) is 7.01. The number of nitrogens with two attached hydrogens (primary N) is 1. The Hall–Kier alpha value is -0.950. The minimum absolute atomic E-state index is 0. The van der Waals surface area contributed by atoms with E-state index in [1.165, 1.54) is 4.90 Å². The maximum absolute atomic E-state index is 5.81. The summed E-state index contributed by atoms with van der Waals surface area (Å²) in [4.78, 5) is 1.18. The second kappa shape index (κ2) is 8.27. The van der Waals surface area contributed by atoms with Crippen molar-refractivity contribution >= 4 is 41.8 Å². The predicted octanol–water partition coefficient (Wildman–Crippen LogP) is 2.81. The minimum Gasteiger partial charge on any atom is -0.407 e. The lowest BCUT2D eigenvalue weighted by Crippen LogP contribution is -2.04. The first kappa shape index (κ1) is 16.1. The molecule has 2 aromatic rings. The van der Waals surface area contributed by atoms with Crippen molar-refractivity contribution in [1.29, 1.82) is 0 Å². The van der Waals surface area contributed by atoms with Crippen LogP contribution in [0.4, 0.5) is 6.01 Å². The Labute approximate surface area is 126 Å². The molecular weight excluding hydrogens is 307 g/mol. The van der Waals surface area contributed by atoms with Crippen LogP contribution in [-0.2, 0) is 6.54 Å². The molecule has 3 N–H and O–H groups in total. The average molecular weight is 321 g/mol. The summed E-state index contributed by atoms with van der Waals surface area (Å²) in [5.41, 5.74) is 5.37. The van der Waals surface area contributed by atoms with Gasteiger partial charge in [0.25, 0.3) is 0 Å². The molecule has 0 saturated heterocycles. The predicted molar refractivity (Wildman–Crippen MR) is 80.1 cm³/mol. The molecule has 0 aliphatic heterocycles. The van der Waals surface area contributed by atoms with E-state index in [2.05, 4.69) is 15.5 Å². The lowest BCUT2D eigenvalue weighted by atomic mass is 10.4. The lowest BCUT2D eigenvalue weighted by molar-refractivity contribution is 0.508. The number of halogens is 2. The molecule has 0 saturated carbocycles. The fourth-order valence-electron chi connectivity index (χ4n) is 1.27. The second-order valence-electron chi connectivity index (χ2n) is 3.43. The van der Waals surface area contributed by atoms with Crippen LogP contribution in [0, 0.1) is 0 Å². The van der Waals surface area contributed by atoms with Crippen LogP contribution in [0.2, 0.25) is 5.02 Å². The van der Waals surface area contributed by atoms with Crippen molar-refractivity contribution in [1.82, 2.24) is 10.2 Å². The summed E-state index contributed by atoms with van der Waals surface area (Å²) in [5, 5.41) is 11.4. The van der Waals surface area contributed by atoms with Crippen LogP contribution in [0.25, 0.3) is 0 Å². The number of hydrogen-bond donors (Lipinski definition) is 2. The minimum atomic E-state index is 0. The number of anilines is 1. The van der Waals surface area contributed by atoms with E-state index in [1.807, 2.05) is 24.3 Å². The van der Waals surface area contributed by atoms with Crippen molar-refractivity contribution in [3.05, 3.63) is 35.2 Å². The Morgan fingerprint density at radius 2 is 2.00 bits per heavy atom. The number of hydrogen-bond acceptors (Lipinski definition) is 6. The normalized spacial score (nSPS) is 10.0. The molecule has 0 bridgehead atoms. The molecule has 0 amide bonds. The van der Waals surface area contributed by atoms with Crippen LogP contribution >= 0.6 is 35.8 Å². The van der Waals surface area contributed by atoms with Crippen molar-refractivity contribution in [3.63, 3.8) is 0 Å². The molecule has 19 heavy (non-hydrogen) atoms. The van der Waals surface area contributed by atoms with Gasteiger partial charge in [-0.3, -0.25) is 0 Å². The van der Waals surface area contributed by atoms with Gasteiger partial charge in [-0.2, -0.15) is 0 Å². The summed E-state index contributed by atoms with van der Waals surface area (Å²) in [7, 11) is 0. The average Bonchev–Trinajstić information content (AvgIpc) is 2.85. The smallest absolute Gasteiger partial charge is 0.315 e. The van der Waals surface area contributed by atoms with Crippen molar-refractivity contribution in [2.45, 2.75) is 11.4 Å². The highest BCUT2D eigenvalue weighted by molar-refractivity contribution is 7.99. The van der Waals surface area contributed by atoms with Crippen molar-refractivity contribution in [3.8, 4) is 0 Å². The van der Waals surface area contributed by atoms with Gasteiger partial charge >= 0.3 is 6.01 Å². The van der Waals surface area contributed by atoms with Gasteiger partial charge in [0, 0.05) is 22.2 Å². The van der Waals surface area contributed by atoms with Gasteiger partial charge in [0.2, 0.25) is 5.89 Å². The van der Waals surface area contributed by atoms with Crippen LogP contribution in [0.1, 0.15) is 5.89 Å². The van der Waals surface area contributed by atoms with Crippen LogP contribution < -0.4 is 11.1 Å². The fourth-order valence-corrected chi connectivity index (χ4v) is 2.16. The third-order valence-corrected chi connectivity index (χ3v) is 3.37. The van der Waals surface area contributed by atoms with Gasteiger partial charge in [0.15, 0.2) is 0 Å². The number of benzene rings is 1. The Bertz CT molecular complexity index is 492. The van der Waals surface area contributed by atoms with Gasteiger partial charge in [-0.1, -0.05) is 16.7 Å². The monoisotopic (exact) mass is 320 g/mol. The maximum atomic E-state index is 5.81. The third-order valence-electron chi connectivity index (χ3n) is 2.10. The molecule has 5 nitrogen and oxygen atoms in total. The van der Waals surface area contributed by atoms with Crippen molar-refractivity contribution < 1.29 is 4.42 Å². The van der Waals surface area contributed by atoms with Gasteiger partial charge in [0.1, 0.15) is 0 Å². The lowest BCUT2D eigenvalue weighted by Gasteiger charge is -2.02. The van der Waals surface area contributed by atoms with E-state index in [1.54, 1.807) is 11.8 Å². The molecule has 2 rings (SSSR count). The molecule has 104 valence electrons. The summed E-state index contributed by atoms with van der Waals surface area (Å²) in [6.07, 6.45) is 0. The number of nitrogens with zero attached hydrogens (tertiary/aromatic N) is 2. The first-order valence-corrected chi connectivity index (χ1v) is 6.79. The van der Waals surface area contributed by atoms with Crippen molar-refractivity contribution in [2.24, 2.45) is 5.73 Å².